The molecule has 2 amide bonds. The minimum absolute atomic E-state index is 0.0787. The summed E-state index contributed by atoms with van der Waals surface area (Å²) in [5.74, 6) is -0.587. The SMILES string of the molecule is COc1cccc(CC(=O)N2CCN(C(=O)CSC(F)(F)F)CC2)c1. The Hall–Kier alpha value is -1.90. The van der Waals surface area contributed by atoms with E-state index in [4.69, 9.17) is 4.74 Å². The summed E-state index contributed by atoms with van der Waals surface area (Å²) < 4.78 is 41.5. The summed E-state index contributed by atoms with van der Waals surface area (Å²) in [5.41, 5.74) is -3.59. The van der Waals surface area contributed by atoms with Gasteiger partial charge in [0, 0.05) is 26.2 Å². The molecule has 9 heteroatoms. The summed E-state index contributed by atoms with van der Waals surface area (Å²) in [6.45, 7) is 1.15. The summed E-state index contributed by atoms with van der Waals surface area (Å²) in [6, 6.07) is 7.20. The van der Waals surface area contributed by atoms with Crippen molar-refractivity contribution < 1.29 is 27.5 Å². The van der Waals surface area contributed by atoms with E-state index in [1.54, 1.807) is 30.2 Å². The molecule has 5 nitrogen and oxygen atoms in total. The molecule has 0 N–H and O–H groups in total. The first-order valence-electron chi connectivity index (χ1n) is 7.67. The summed E-state index contributed by atoms with van der Waals surface area (Å²) in [6.07, 6.45) is 0.217. The van der Waals surface area contributed by atoms with Gasteiger partial charge in [-0.05, 0) is 29.5 Å². The van der Waals surface area contributed by atoms with Crippen molar-refractivity contribution in [3.8, 4) is 5.75 Å². The molecular formula is C16H19F3N2O3S. The quantitative estimate of drug-likeness (QED) is 0.790. The molecule has 0 atom stereocenters. The van der Waals surface area contributed by atoms with Gasteiger partial charge in [-0.1, -0.05) is 12.1 Å². The third kappa shape index (κ3) is 6.15. The first-order chi connectivity index (χ1) is 11.8. The first-order valence-corrected chi connectivity index (χ1v) is 8.66. The van der Waals surface area contributed by atoms with Crippen LogP contribution in [0.4, 0.5) is 13.2 Å². The molecule has 0 unspecified atom stereocenters. The van der Waals surface area contributed by atoms with E-state index in [-0.39, 0.29) is 37.2 Å². The molecule has 1 fully saturated rings. The predicted molar refractivity (Wildman–Crippen MR) is 88.4 cm³/mol. The summed E-state index contributed by atoms with van der Waals surface area (Å²) >= 11 is -0.336. The van der Waals surface area contributed by atoms with Crippen molar-refractivity contribution in [2.24, 2.45) is 0 Å². The molecule has 1 heterocycles. The van der Waals surface area contributed by atoms with Crippen LogP contribution in [0.5, 0.6) is 5.75 Å². The van der Waals surface area contributed by atoms with Gasteiger partial charge in [0.2, 0.25) is 11.8 Å². The molecule has 0 spiro atoms. The Bertz CT molecular complexity index is 617. The van der Waals surface area contributed by atoms with Gasteiger partial charge in [-0.2, -0.15) is 13.2 Å². The zero-order valence-corrected chi connectivity index (χ0v) is 14.5. The van der Waals surface area contributed by atoms with Gasteiger partial charge in [-0.25, -0.2) is 0 Å². The van der Waals surface area contributed by atoms with E-state index in [1.807, 2.05) is 6.07 Å². The van der Waals surface area contributed by atoms with Crippen LogP contribution in [0.15, 0.2) is 24.3 Å². The maximum absolute atomic E-state index is 12.3. The average Bonchev–Trinajstić information content (AvgIpc) is 2.59. The number of hydrogen-bond donors (Lipinski definition) is 0. The van der Waals surface area contributed by atoms with E-state index in [0.29, 0.717) is 18.8 Å². The fourth-order valence-corrected chi connectivity index (χ4v) is 2.98. The molecular weight excluding hydrogens is 357 g/mol. The molecule has 0 aliphatic carbocycles. The molecule has 1 aliphatic heterocycles. The van der Waals surface area contributed by atoms with Crippen LogP contribution in [-0.4, -0.2) is 66.2 Å². The number of nitrogens with zero attached hydrogens (tertiary/aromatic N) is 2. The zero-order valence-electron chi connectivity index (χ0n) is 13.7. The van der Waals surface area contributed by atoms with Gasteiger partial charge >= 0.3 is 5.51 Å². The van der Waals surface area contributed by atoms with E-state index < -0.39 is 17.2 Å². The number of rotatable bonds is 5. The normalized spacial score (nSPS) is 15.2. The first kappa shape index (κ1) is 19.4. The van der Waals surface area contributed by atoms with E-state index in [1.165, 1.54) is 4.90 Å². The lowest BCUT2D eigenvalue weighted by Gasteiger charge is -2.35. The number of methoxy groups -OCH3 is 1. The zero-order chi connectivity index (χ0) is 18.4. The number of benzene rings is 1. The van der Waals surface area contributed by atoms with Gasteiger partial charge < -0.3 is 14.5 Å². The molecule has 1 aromatic rings. The smallest absolute Gasteiger partial charge is 0.442 e. The third-order valence-electron chi connectivity index (χ3n) is 3.83. The highest BCUT2D eigenvalue weighted by Crippen LogP contribution is 2.30. The molecule has 0 bridgehead atoms. The number of carbonyl (C=O) groups is 2. The lowest BCUT2D eigenvalue weighted by Crippen LogP contribution is -2.51. The number of ether oxygens (including phenoxy) is 1. The third-order valence-corrected chi connectivity index (χ3v) is 4.55. The summed E-state index contributed by atoms with van der Waals surface area (Å²) in [5, 5.41) is 0. The molecule has 0 aromatic heterocycles. The second-order valence-corrected chi connectivity index (χ2v) is 6.56. The second kappa shape index (κ2) is 8.46. The Morgan fingerprint density at radius 1 is 1.12 bits per heavy atom. The number of amides is 2. The fraction of sp³-hybridized carbons (Fsp3) is 0.500. The van der Waals surface area contributed by atoms with Crippen LogP contribution in [0.25, 0.3) is 0 Å². The molecule has 25 heavy (non-hydrogen) atoms. The Balaban J connectivity index is 1.80. The van der Waals surface area contributed by atoms with Gasteiger partial charge in [0.1, 0.15) is 5.75 Å². The van der Waals surface area contributed by atoms with Crippen LogP contribution >= 0.6 is 11.8 Å². The predicted octanol–water partition coefficient (Wildman–Crippen LogP) is 2.16. The second-order valence-electron chi connectivity index (χ2n) is 5.52. The molecule has 2 rings (SSSR count). The average molecular weight is 376 g/mol. The van der Waals surface area contributed by atoms with E-state index in [9.17, 15) is 22.8 Å². The number of alkyl halides is 3. The van der Waals surface area contributed by atoms with Gasteiger partial charge in [0.15, 0.2) is 0 Å². The molecule has 1 saturated heterocycles. The number of hydrogen-bond acceptors (Lipinski definition) is 4. The van der Waals surface area contributed by atoms with E-state index >= 15 is 0 Å². The molecule has 1 aliphatic rings. The monoisotopic (exact) mass is 376 g/mol. The van der Waals surface area contributed by atoms with Gasteiger partial charge in [-0.15, -0.1) is 0 Å². The van der Waals surface area contributed by atoms with E-state index in [0.717, 1.165) is 5.56 Å². The minimum Gasteiger partial charge on any atom is -0.497 e. The Morgan fingerprint density at radius 2 is 1.72 bits per heavy atom. The Kier molecular flexibility index (Phi) is 6.57. The molecule has 138 valence electrons. The largest absolute Gasteiger partial charge is 0.497 e. The van der Waals surface area contributed by atoms with E-state index in [2.05, 4.69) is 0 Å². The lowest BCUT2D eigenvalue weighted by molar-refractivity contribution is -0.137. The Morgan fingerprint density at radius 3 is 2.28 bits per heavy atom. The Labute approximate surface area is 148 Å². The van der Waals surface area contributed by atoms with Crippen LogP contribution in [0.3, 0.4) is 0 Å². The summed E-state index contributed by atoms with van der Waals surface area (Å²) in [7, 11) is 1.55. The number of carbonyl (C=O) groups excluding carboxylic acids is 2. The van der Waals surface area contributed by atoms with Crippen molar-refractivity contribution in [1.29, 1.82) is 0 Å². The van der Waals surface area contributed by atoms with Gasteiger partial charge in [0.05, 0.1) is 19.3 Å². The van der Waals surface area contributed by atoms with Crippen molar-refractivity contribution in [3.63, 3.8) is 0 Å². The van der Waals surface area contributed by atoms with Crippen LogP contribution in [-0.2, 0) is 16.0 Å². The maximum Gasteiger partial charge on any atom is 0.442 e. The fourth-order valence-electron chi connectivity index (χ4n) is 2.51. The number of thioether (sulfide) groups is 1. The van der Waals surface area contributed by atoms with Crippen molar-refractivity contribution in [2.75, 3.05) is 39.0 Å². The van der Waals surface area contributed by atoms with Gasteiger partial charge in [0.25, 0.3) is 0 Å². The highest BCUT2D eigenvalue weighted by atomic mass is 32.2. The van der Waals surface area contributed by atoms with Crippen molar-refractivity contribution in [1.82, 2.24) is 9.80 Å². The topological polar surface area (TPSA) is 49.9 Å². The molecule has 0 radical (unpaired) electrons. The maximum atomic E-state index is 12.3. The molecule has 1 aromatic carbocycles. The van der Waals surface area contributed by atoms with Crippen LogP contribution in [0.2, 0.25) is 0 Å². The number of piperazine rings is 1. The van der Waals surface area contributed by atoms with Crippen LogP contribution < -0.4 is 4.74 Å². The summed E-state index contributed by atoms with van der Waals surface area (Å²) in [4.78, 5) is 27.1. The van der Waals surface area contributed by atoms with Crippen molar-refractivity contribution >= 4 is 23.6 Å². The number of halogens is 3. The van der Waals surface area contributed by atoms with Crippen LogP contribution in [0.1, 0.15) is 5.56 Å². The highest BCUT2D eigenvalue weighted by molar-refractivity contribution is 8.00. The van der Waals surface area contributed by atoms with Crippen molar-refractivity contribution in [2.45, 2.75) is 11.9 Å². The van der Waals surface area contributed by atoms with Crippen LogP contribution in [0, 0.1) is 0 Å². The highest BCUT2D eigenvalue weighted by Gasteiger charge is 2.31. The van der Waals surface area contributed by atoms with Crippen molar-refractivity contribution in [3.05, 3.63) is 29.8 Å². The molecule has 0 saturated carbocycles. The minimum atomic E-state index is -4.41. The standard InChI is InChI=1S/C16H19F3N2O3S/c1-24-13-4-2-3-12(9-13)10-14(22)20-5-7-21(8-6-20)15(23)11-25-16(17,18)19/h2-4,9H,5-8,10-11H2,1H3. The van der Waals surface area contributed by atoms with Gasteiger partial charge in [-0.3, -0.25) is 9.59 Å². The lowest BCUT2D eigenvalue weighted by atomic mass is 10.1.